The minimum atomic E-state index is -1.02. The number of ether oxygens (including phenoxy) is 1. The first-order valence-electron chi connectivity index (χ1n) is 5.80. The lowest BCUT2D eigenvalue weighted by Crippen LogP contribution is -2.48. The Balaban J connectivity index is 4.15. The van der Waals surface area contributed by atoms with Crippen LogP contribution in [-0.4, -0.2) is 42.8 Å². The molecule has 0 fully saturated rings. The zero-order valence-corrected chi connectivity index (χ0v) is 10.4. The van der Waals surface area contributed by atoms with Crippen LogP contribution in [0.3, 0.4) is 0 Å². The Morgan fingerprint density at radius 3 is 2.53 bits per heavy atom. The topological polar surface area (TPSA) is 102 Å². The maximum Gasteiger partial charge on any atom is 0.326 e. The first-order chi connectivity index (χ1) is 8.02. The molecule has 0 saturated carbocycles. The van der Waals surface area contributed by atoms with Crippen molar-refractivity contribution in [3.63, 3.8) is 0 Å². The highest BCUT2D eigenvalue weighted by Crippen LogP contribution is 2.01. The summed E-state index contributed by atoms with van der Waals surface area (Å²) in [7, 11) is 1.52. The molecule has 0 aromatic carbocycles. The van der Waals surface area contributed by atoms with E-state index < -0.39 is 24.0 Å². The highest BCUT2D eigenvalue weighted by atomic mass is 16.5. The second kappa shape index (κ2) is 8.95. The Hall–Kier alpha value is -1.14. The van der Waals surface area contributed by atoms with E-state index in [9.17, 15) is 9.59 Å². The van der Waals surface area contributed by atoms with Gasteiger partial charge >= 0.3 is 5.97 Å². The first-order valence-corrected chi connectivity index (χ1v) is 5.80. The predicted molar refractivity (Wildman–Crippen MR) is 63.6 cm³/mol. The molecule has 6 heteroatoms. The number of methoxy groups -OCH3 is 1. The third-order valence-corrected chi connectivity index (χ3v) is 2.43. The predicted octanol–water partition coefficient (Wildman–Crippen LogP) is 0.110. The molecule has 0 aromatic rings. The number of rotatable bonds is 9. The standard InChI is InChI=1S/C11H22N2O4/c1-3-4-5-9(11(15)16)13-10(14)8(12)6-7-17-2/h8-9H,3-7,12H2,1-2H3,(H,13,14)(H,15,16). The third-order valence-electron chi connectivity index (χ3n) is 2.43. The van der Waals surface area contributed by atoms with Crippen LogP contribution in [0.1, 0.15) is 32.6 Å². The molecule has 1 amide bonds. The Bertz CT molecular complexity index is 246. The molecule has 0 aliphatic carbocycles. The van der Waals surface area contributed by atoms with Crippen molar-refractivity contribution in [2.75, 3.05) is 13.7 Å². The molecule has 0 heterocycles. The zero-order chi connectivity index (χ0) is 13.3. The van der Waals surface area contributed by atoms with E-state index in [1.54, 1.807) is 0 Å². The van der Waals surface area contributed by atoms with Gasteiger partial charge in [0.2, 0.25) is 5.91 Å². The van der Waals surface area contributed by atoms with Gasteiger partial charge in [0.1, 0.15) is 6.04 Å². The number of hydrogen-bond acceptors (Lipinski definition) is 4. The summed E-state index contributed by atoms with van der Waals surface area (Å²) in [5.41, 5.74) is 5.60. The van der Waals surface area contributed by atoms with Crippen LogP contribution >= 0.6 is 0 Å². The molecule has 0 spiro atoms. The summed E-state index contributed by atoms with van der Waals surface area (Å²) in [4.78, 5) is 22.5. The van der Waals surface area contributed by atoms with E-state index in [0.29, 0.717) is 19.4 Å². The maximum atomic E-state index is 11.6. The van der Waals surface area contributed by atoms with Gasteiger partial charge in [-0.25, -0.2) is 4.79 Å². The number of aliphatic carboxylic acids is 1. The van der Waals surface area contributed by atoms with E-state index in [0.717, 1.165) is 12.8 Å². The molecule has 0 bridgehead atoms. The van der Waals surface area contributed by atoms with Crippen molar-refractivity contribution in [3.8, 4) is 0 Å². The average molecular weight is 246 g/mol. The van der Waals surface area contributed by atoms with Crippen molar-refractivity contribution >= 4 is 11.9 Å². The molecular weight excluding hydrogens is 224 g/mol. The number of hydrogen-bond donors (Lipinski definition) is 3. The van der Waals surface area contributed by atoms with Crippen LogP contribution < -0.4 is 11.1 Å². The van der Waals surface area contributed by atoms with Gasteiger partial charge in [-0.3, -0.25) is 4.79 Å². The van der Waals surface area contributed by atoms with Gasteiger partial charge in [0, 0.05) is 13.7 Å². The molecule has 2 unspecified atom stereocenters. The quantitative estimate of drug-likeness (QED) is 0.536. The Morgan fingerprint density at radius 2 is 2.06 bits per heavy atom. The van der Waals surface area contributed by atoms with Crippen LogP contribution in [-0.2, 0) is 14.3 Å². The van der Waals surface area contributed by atoms with Crippen molar-refractivity contribution in [3.05, 3.63) is 0 Å². The molecule has 0 saturated heterocycles. The second-order valence-electron chi connectivity index (χ2n) is 3.93. The monoisotopic (exact) mass is 246 g/mol. The number of amides is 1. The maximum absolute atomic E-state index is 11.6. The fourth-order valence-corrected chi connectivity index (χ4v) is 1.32. The van der Waals surface area contributed by atoms with Crippen LogP contribution in [0, 0.1) is 0 Å². The van der Waals surface area contributed by atoms with Gasteiger partial charge in [-0.1, -0.05) is 19.8 Å². The van der Waals surface area contributed by atoms with Crippen molar-refractivity contribution in [1.82, 2.24) is 5.32 Å². The minimum Gasteiger partial charge on any atom is -0.480 e. The lowest BCUT2D eigenvalue weighted by Gasteiger charge is -2.17. The SMILES string of the molecule is CCCCC(NC(=O)C(N)CCOC)C(=O)O. The van der Waals surface area contributed by atoms with E-state index in [1.165, 1.54) is 7.11 Å². The van der Waals surface area contributed by atoms with E-state index in [1.807, 2.05) is 6.92 Å². The summed E-state index contributed by atoms with van der Waals surface area (Å²) >= 11 is 0. The fourth-order valence-electron chi connectivity index (χ4n) is 1.32. The largest absolute Gasteiger partial charge is 0.480 e. The zero-order valence-electron chi connectivity index (χ0n) is 10.4. The Labute approximate surface area is 102 Å². The highest BCUT2D eigenvalue weighted by molar-refractivity contribution is 5.86. The van der Waals surface area contributed by atoms with Gasteiger partial charge in [0.15, 0.2) is 0 Å². The minimum absolute atomic E-state index is 0.376. The number of nitrogens with two attached hydrogens (primary N) is 1. The Kier molecular flexibility index (Phi) is 8.35. The van der Waals surface area contributed by atoms with Gasteiger partial charge in [0.05, 0.1) is 6.04 Å². The number of unbranched alkanes of at least 4 members (excludes halogenated alkanes) is 1. The van der Waals surface area contributed by atoms with Gasteiger partial charge in [0.25, 0.3) is 0 Å². The molecular formula is C11H22N2O4. The van der Waals surface area contributed by atoms with Gasteiger partial charge < -0.3 is 20.9 Å². The van der Waals surface area contributed by atoms with Crippen LogP contribution in [0.5, 0.6) is 0 Å². The number of carbonyl (C=O) groups is 2. The number of carboxylic acid groups (broad SMARTS) is 1. The van der Waals surface area contributed by atoms with E-state index >= 15 is 0 Å². The van der Waals surface area contributed by atoms with Crippen molar-refractivity contribution in [2.45, 2.75) is 44.7 Å². The molecule has 0 aromatic heterocycles. The van der Waals surface area contributed by atoms with Gasteiger partial charge in [-0.15, -0.1) is 0 Å². The molecule has 6 nitrogen and oxygen atoms in total. The molecule has 17 heavy (non-hydrogen) atoms. The Morgan fingerprint density at radius 1 is 1.41 bits per heavy atom. The van der Waals surface area contributed by atoms with E-state index in [4.69, 9.17) is 15.6 Å². The molecule has 2 atom stereocenters. The number of carbonyl (C=O) groups excluding carboxylic acids is 1. The van der Waals surface area contributed by atoms with Crippen molar-refractivity contribution in [1.29, 1.82) is 0 Å². The lowest BCUT2D eigenvalue weighted by molar-refractivity contribution is -0.142. The van der Waals surface area contributed by atoms with Gasteiger partial charge in [-0.2, -0.15) is 0 Å². The third kappa shape index (κ3) is 6.91. The fraction of sp³-hybridized carbons (Fsp3) is 0.818. The molecule has 0 aliphatic heterocycles. The average Bonchev–Trinajstić information content (AvgIpc) is 2.30. The number of nitrogens with one attached hydrogen (secondary N) is 1. The summed E-state index contributed by atoms with van der Waals surface area (Å²) in [5.74, 6) is -1.46. The van der Waals surface area contributed by atoms with Crippen molar-refractivity contribution < 1.29 is 19.4 Å². The molecule has 0 radical (unpaired) electrons. The summed E-state index contributed by atoms with van der Waals surface area (Å²) in [6, 6.07) is -1.57. The summed E-state index contributed by atoms with van der Waals surface area (Å²) in [5, 5.41) is 11.4. The second-order valence-corrected chi connectivity index (χ2v) is 3.93. The summed E-state index contributed by atoms with van der Waals surface area (Å²) in [6.07, 6.45) is 2.44. The summed E-state index contributed by atoms with van der Waals surface area (Å²) < 4.78 is 4.80. The molecule has 0 rings (SSSR count). The highest BCUT2D eigenvalue weighted by Gasteiger charge is 2.22. The summed E-state index contributed by atoms with van der Waals surface area (Å²) in [6.45, 7) is 2.34. The first kappa shape index (κ1) is 15.9. The lowest BCUT2D eigenvalue weighted by atomic mass is 10.1. The van der Waals surface area contributed by atoms with E-state index in [2.05, 4.69) is 5.32 Å². The molecule has 100 valence electrons. The molecule has 0 aliphatic rings. The van der Waals surface area contributed by atoms with Crippen molar-refractivity contribution in [2.24, 2.45) is 5.73 Å². The normalized spacial score (nSPS) is 14.1. The van der Waals surface area contributed by atoms with Gasteiger partial charge in [-0.05, 0) is 12.8 Å². The van der Waals surface area contributed by atoms with Crippen LogP contribution in [0.4, 0.5) is 0 Å². The van der Waals surface area contributed by atoms with Crippen LogP contribution in [0.25, 0.3) is 0 Å². The smallest absolute Gasteiger partial charge is 0.326 e. The van der Waals surface area contributed by atoms with Crippen LogP contribution in [0.2, 0.25) is 0 Å². The van der Waals surface area contributed by atoms with E-state index in [-0.39, 0.29) is 0 Å². The molecule has 4 N–H and O–H groups in total. The number of carboxylic acids is 1. The van der Waals surface area contributed by atoms with Crippen LogP contribution in [0.15, 0.2) is 0 Å².